The van der Waals surface area contributed by atoms with Gasteiger partial charge in [-0.2, -0.15) is 0 Å². The van der Waals surface area contributed by atoms with Gasteiger partial charge >= 0.3 is 5.30 Å². The van der Waals surface area contributed by atoms with Gasteiger partial charge in [0.2, 0.25) is 5.91 Å². The molecule has 0 saturated carbocycles. The van der Waals surface area contributed by atoms with E-state index in [4.69, 9.17) is 5.11 Å². The van der Waals surface area contributed by atoms with Gasteiger partial charge in [0.1, 0.15) is 0 Å². The zero-order valence-electron chi connectivity index (χ0n) is 12.0. The number of hydrogen-bond acceptors (Lipinski definition) is 5. The van der Waals surface area contributed by atoms with E-state index < -0.39 is 29.0 Å². The van der Waals surface area contributed by atoms with E-state index in [1.807, 2.05) is 13.8 Å². The summed E-state index contributed by atoms with van der Waals surface area (Å²) < 4.78 is 0. The van der Waals surface area contributed by atoms with Gasteiger partial charge in [-0.15, -0.1) is 0 Å². The van der Waals surface area contributed by atoms with Crippen molar-refractivity contribution in [1.82, 2.24) is 5.32 Å². The summed E-state index contributed by atoms with van der Waals surface area (Å²) in [4.78, 5) is 22.3. The molecule has 1 rings (SSSR count). The van der Waals surface area contributed by atoms with Crippen molar-refractivity contribution in [2.24, 2.45) is 11.8 Å². The molecule has 0 aliphatic carbocycles. The first-order chi connectivity index (χ1) is 9.22. The lowest BCUT2D eigenvalue weighted by atomic mass is 9.77. The van der Waals surface area contributed by atoms with Crippen LogP contribution >= 0.6 is 11.8 Å². The Morgan fingerprint density at radius 1 is 1.50 bits per heavy atom. The third-order valence-corrected chi connectivity index (χ3v) is 4.63. The first-order valence-corrected chi connectivity index (χ1v) is 7.74. The second-order valence-corrected chi connectivity index (χ2v) is 6.72. The molecule has 4 atom stereocenters. The minimum atomic E-state index is -1.08. The van der Waals surface area contributed by atoms with Crippen LogP contribution in [0.3, 0.4) is 0 Å². The van der Waals surface area contributed by atoms with E-state index in [1.165, 1.54) is 0 Å². The molecule has 0 aromatic heterocycles. The summed E-state index contributed by atoms with van der Waals surface area (Å²) in [6.07, 6.45) is -1.00. The number of rotatable bonds is 6. The molecule has 1 amide bonds. The molecule has 4 N–H and O–H groups in total. The van der Waals surface area contributed by atoms with Crippen molar-refractivity contribution in [3.8, 4) is 0 Å². The summed E-state index contributed by atoms with van der Waals surface area (Å²) in [6, 6.07) is 0. The van der Waals surface area contributed by atoms with Gasteiger partial charge in [-0.3, -0.25) is 4.79 Å². The number of carboxylic acid groups (broad SMARTS) is 1. The maximum absolute atomic E-state index is 11.8. The van der Waals surface area contributed by atoms with Crippen LogP contribution in [0.4, 0.5) is 4.79 Å². The second kappa shape index (κ2) is 6.78. The van der Waals surface area contributed by atoms with Crippen LogP contribution in [0.2, 0.25) is 0 Å². The van der Waals surface area contributed by atoms with Gasteiger partial charge in [0.05, 0.1) is 23.7 Å². The van der Waals surface area contributed by atoms with Gasteiger partial charge in [-0.25, -0.2) is 4.79 Å². The quantitative estimate of drug-likeness (QED) is 0.547. The number of nitrogens with one attached hydrogen (secondary N) is 1. The Labute approximate surface area is 122 Å². The highest BCUT2D eigenvalue weighted by Crippen LogP contribution is 2.36. The summed E-state index contributed by atoms with van der Waals surface area (Å²) in [7, 11) is 0. The Hall–Kier alpha value is -0.790. The van der Waals surface area contributed by atoms with Crippen LogP contribution in [0.15, 0.2) is 0 Å². The predicted molar refractivity (Wildman–Crippen MR) is 76.6 cm³/mol. The van der Waals surface area contributed by atoms with E-state index in [-0.39, 0.29) is 11.8 Å². The van der Waals surface area contributed by atoms with Gasteiger partial charge in [0.15, 0.2) is 0 Å². The van der Waals surface area contributed by atoms with Crippen molar-refractivity contribution < 1.29 is 24.9 Å². The lowest BCUT2D eigenvalue weighted by molar-refractivity contribution is -0.123. The van der Waals surface area contributed by atoms with Crippen molar-refractivity contribution >= 4 is 23.0 Å². The molecule has 4 unspecified atom stereocenters. The van der Waals surface area contributed by atoms with Gasteiger partial charge in [-0.05, 0) is 30.5 Å². The van der Waals surface area contributed by atoms with E-state index >= 15 is 0 Å². The number of aliphatic hydroxyl groups excluding tert-OH is 2. The zero-order valence-corrected chi connectivity index (χ0v) is 12.8. The first-order valence-electron chi connectivity index (χ1n) is 6.76. The van der Waals surface area contributed by atoms with Crippen LogP contribution < -0.4 is 5.32 Å². The molecule has 7 heteroatoms. The van der Waals surface area contributed by atoms with Crippen molar-refractivity contribution in [3.05, 3.63) is 0 Å². The third kappa shape index (κ3) is 3.45. The molecule has 1 saturated heterocycles. The minimum Gasteiger partial charge on any atom is -0.473 e. The average Bonchev–Trinajstić information content (AvgIpc) is 2.59. The fourth-order valence-electron chi connectivity index (χ4n) is 2.73. The predicted octanol–water partition coefficient (Wildman–Crippen LogP) is 1.06. The average molecular weight is 305 g/mol. The molecule has 6 nitrogen and oxygen atoms in total. The number of aliphatic hydroxyl groups is 2. The molecule has 1 aliphatic heterocycles. The van der Waals surface area contributed by atoms with Crippen LogP contribution in [0, 0.1) is 11.8 Å². The summed E-state index contributed by atoms with van der Waals surface area (Å²) in [5.41, 5.74) is -1.08. The number of thioether (sulfide) groups is 1. The number of carbonyl (C=O) groups excluding carboxylic acids is 1. The molecule has 116 valence electrons. The van der Waals surface area contributed by atoms with E-state index in [9.17, 15) is 19.8 Å². The summed E-state index contributed by atoms with van der Waals surface area (Å²) in [5.74, 6) is -0.597. The topological polar surface area (TPSA) is 107 Å². The lowest BCUT2D eigenvalue weighted by Gasteiger charge is -2.39. The van der Waals surface area contributed by atoms with E-state index in [1.54, 1.807) is 6.92 Å². The molecule has 1 aliphatic rings. The highest BCUT2D eigenvalue weighted by atomic mass is 32.2. The monoisotopic (exact) mass is 305 g/mol. The molecular formula is C13H23NO5S. The molecule has 0 aromatic carbocycles. The maximum atomic E-state index is 11.8. The van der Waals surface area contributed by atoms with Crippen LogP contribution in [0.5, 0.6) is 0 Å². The van der Waals surface area contributed by atoms with Crippen molar-refractivity contribution in [2.45, 2.75) is 51.4 Å². The Bertz CT molecular complexity index is 376. The fraction of sp³-hybridized carbons (Fsp3) is 0.846. The second-order valence-electron chi connectivity index (χ2n) is 5.67. The number of carbonyl (C=O) groups is 2. The molecule has 0 spiro atoms. The van der Waals surface area contributed by atoms with Crippen LogP contribution in [0.25, 0.3) is 0 Å². The summed E-state index contributed by atoms with van der Waals surface area (Å²) in [5, 5.41) is 31.1. The minimum absolute atomic E-state index is 0.123. The smallest absolute Gasteiger partial charge is 0.364 e. The van der Waals surface area contributed by atoms with Crippen molar-refractivity contribution in [2.75, 3.05) is 5.75 Å². The van der Waals surface area contributed by atoms with Crippen LogP contribution in [-0.2, 0) is 4.79 Å². The fourth-order valence-corrected chi connectivity index (χ4v) is 3.20. The van der Waals surface area contributed by atoms with Gasteiger partial charge in [0.25, 0.3) is 0 Å². The number of amides is 1. The SMILES string of the molecule is CC(C)C(O)C1(CCCSC(=O)O)NC(=O)C(C)C1O. The van der Waals surface area contributed by atoms with Gasteiger partial charge in [0, 0.05) is 5.75 Å². The Morgan fingerprint density at radius 3 is 2.50 bits per heavy atom. The van der Waals surface area contributed by atoms with Crippen LogP contribution in [0.1, 0.15) is 33.6 Å². The van der Waals surface area contributed by atoms with Gasteiger partial charge in [-0.1, -0.05) is 20.8 Å². The highest BCUT2D eigenvalue weighted by molar-refractivity contribution is 8.13. The molecular weight excluding hydrogens is 282 g/mol. The Kier molecular flexibility index (Phi) is 5.85. The Balaban J connectivity index is 2.81. The third-order valence-electron chi connectivity index (χ3n) is 3.89. The summed E-state index contributed by atoms with van der Waals surface area (Å²) >= 11 is 0.777. The van der Waals surface area contributed by atoms with Gasteiger partial charge < -0.3 is 20.6 Å². The van der Waals surface area contributed by atoms with E-state index in [0.29, 0.717) is 18.6 Å². The lowest BCUT2D eigenvalue weighted by Crippen LogP contribution is -2.59. The molecule has 1 fully saturated rings. The molecule has 20 heavy (non-hydrogen) atoms. The van der Waals surface area contributed by atoms with E-state index in [2.05, 4.69) is 5.32 Å². The Morgan fingerprint density at radius 2 is 2.10 bits per heavy atom. The maximum Gasteiger partial charge on any atom is 0.364 e. The standard InChI is InChI=1S/C13H23NO5S/c1-7(2)9(15)13(5-4-6-20-12(18)19)10(16)8(3)11(17)14-13/h7-10,15-16H,4-6H2,1-3H3,(H,14,17)(H,18,19). The molecule has 0 aromatic rings. The zero-order chi connectivity index (χ0) is 15.5. The highest BCUT2D eigenvalue weighted by Gasteiger charge is 2.54. The molecule has 1 heterocycles. The van der Waals surface area contributed by atoms with Crippen LogP contribution in [-0.4, -0.2) is 50.0 Å². The largest absolute Gasteiger partial charge is 0.473 e. The normalized spacial score (nSPS) is 31.4. The van der Waals surface area contributed by atoms with Crippen molar-refractivity contribution in [3.63, 3.8) is 0 Å². The molecule has 0 bridgehead atoms. The first kappa shape index (κ1) is 17.3. The number of hydrogen-bond donors (Lipinski definition) is 4. The molecule has 0 radical (unpaired) electrons. The summed E-state index contributed by atoms with van der Waals surface area (Å²) in [6.45, 7) is 5.27. The van der Waals surface area contributed by atoms with E-state index in [0.717, 1.165) is 11.8 Å². The van der Waals surface area contributed by atoms with Crippen molar-refractivity contribution in [1.29, 1.82) is 0 Å².